The number of nitrogens with one attached hydrogen (secondary N) is 1. The van der Waals surface area contributed by atoms with Crippen LogP contribution in [0.1, 0.15) is 56.2 Å². The van der Waals surface area contributed by atoms with E-state index in [0.717, 1.165) is 16.3 Å². The molecule has 0 spiro atoms. The highest BCUT2D eigenvalue weighted by atomic mass is 16.5. The molecule has 5 rings (SSSR count). The van der Waals surface area contributed by atoms with Gasteiger partial charge in [0, 0.05) is 30.3 Å². The zero-order valence-corrected chi connectivity index (χ0v) is 21.1. The molecule has 0 aromatic carbocycles. The van der Waals surface area contributed by atoms with Crippen molar-refractivity contribution < 1.29 is 19.1 Å². The molecular weight excluding hydrogens is 460 g/mol. The van der Waals surface area contributed by atoms with E-state index in [1.54, 1.807) is 36.4 Å². The number of hydrogen-bond donors (Lipinski definition) is 2. The van der Waals surface area contributed by atoms with E-state index >= 15 is 0 Å². The van der Waals surface area contributed by atoms with Crippen LogP contribution in [-0.4, -0.2) is 57.5 Å². The summed E-state index contributed by atoms with van der Waals surface area (Å²) in [6.07, 6.45) is 3.32. The van der Waals surface area contributed by atoms with E-state index in [1.165, 1.54) is 0 Å². The summed E-state index contributed by atoms with van der Waals surface area (Å²) in [5.41, 5.74) is 7.42. The van der Waals surface area contributed by atoms with Crippen LogP contribution in [0, 0.1) is 0 Å². The van der Waals surface area contributed by atoms with Crippen LogP contribution in [0.25, 0.3) is 10.8 Å². The van der Waals surface area contributed by atoms with Gasteiger partial charge in [0.25, 0.3) is 0 Å². The molecule has 1 saturated heterocycles. The largest absolute Gasteiger partial charge is 0.470 e. The molecule has 0 radical (unpaired) electrons. The van der Waals surface area contributed by atoms with Crippen molar-refractivity contribution in [2.45, 2.75) is 51.7 Å². The maximum Gasteiger partial charge on any atom is 0.340 e. The standard InChI is InChI=1S/C26H30N6O4/c1-14(33)32-11-15(12-32)36-23-18-9-28-21(8-17(18)19(10-29-23)26(4,5)27)30-20-7-6-16-22(31-20)25(2,3)13-35-24(16)34/h6-10,15H,11-13,27H2,1-5H3,(H,28,30,31). The van der Waals surface area contributed by atoms with Gasteiger partial charge >= 0.3 is 5.97 Å². The molecular formula is C26H30N6O4. The second-order valence-electron chi connectivity index (χ2n) is 10.7. The topological polar surface area (TPSA) is 133 Å². The fraction of sp³-hybridized carbons (Fsp3) is 0.423. The Balaban J connectivity index is 1.48. The number of carbonyl (C=O) groups excluding carboxylic acids is 2. The summed E-state index contributed by atoms with van der Waals surface area (Å²) in [5.74, 6) is 1.26. The molecule has 0 unspecified atom stereocenters. The van der Waals surface area contributed by atoms with Crippen molar-refractivity contribution in [3.8, 4) is 5.88 Å². The van der Waals surface area contributed by atoms with Crippen molar-refractivity contribution in [2.75, 3.05) is 25.0 Å². The molecule has 3 N–H and O–H groups in total. The molecule has 5 heterocycles. The van der Waals surface area contributed by atoms with E-state index in [0.29, 0.717) is 41.9 Å². The third-order valence-electron chi connectivity index (χ3n) is 6.58. The van der Waals surface area contributed by atoms with Crippen molar-refractivity contribution in [2.24, 2.45) is 5.73 Å². The Hall–Kier alpha value is -3.79. The smallest absolute Gasteiger partial charge is 0.340 e. The molecule has 3 aromatic rings. The van der Waals surface area contributed by atoms with Gasteiger partial charge in [-0.05, 0) is 43.0 Å². The number of likely N-dealkylation sites (tertiary alicyclic amines) is 1. The van der Waals surface area contributed by atoms with Crippen molar-refractivity contribution in [3.63, 3.8) is 0 Å². The van der Waals surface area contributed by atoms with Gasteiger partial charge in [0.2, 0.25) is 11.8 Å². The maximum atomic E-state index is 12.2. The van der Waals surface area contributed by atoms with Crippen LogP contribution in [0.15, 0.2) is 30.6 Å². The predicted molar refractivity (Wildman–Crippen MR) is 134 cm³/mol. The third-order valence-corrected chi connectivity index (χ3v) is 6.58. The average Bonchev–Trinajstić information content (AvgIpc) is 2.77. The fourth-order valence-corrected chi connectivity index (χ4v) is 4.45. The summed E-state index contributed by atoms with van der Waals surface area (Å²) in [6, 6.07) is 5.36. The summed E-state index contributed by atoms with van der Waals surface area (Å²) < 4.78 is 11.4. The molecule has 1 fully saturated rings. The number of nitrogens with zero attached hydrogens (tertiary/aromatic N) is 4. The van der Waals surface area contributed by atoms with Gasteiger partial charge in [-0.3, -0.25) is 4.79 Å². The number of pyridine rings is 3. The number of cyclic esters (lactones) is 1. The van der Waals surface area contributed by atoms with E-state index in [1.807, 2.05) is 33.8 Å². The Morgan fingerprint density at radius 3 is 2.64 bits per heavy atom. The Bertz CT molecular complexity index is 1370. The van der Waals surface area contributed by atoms with Crippen LogP contribution in [0.2, 0.25) is 0 Å². The van der Waals surface area contributed by atoms with Crippen LogP contribution >= 0.6 is 0 Å². The minimum Gasteiger partial charge on any atom is -0.470 e. The Kier molecular flexibility index (Phi) is 5.59. The first kappa shape index (κ1) is 23.9. The van der Waals surface area contributed by atoms with Gasteiger partial charge in [-0.1, -0.05) is 13.8 Å². The molecule has 1 amide bonds. The number of amides is 1. The number of anilines is 2. The number of rotatable bonds is 5. The number of nitrogens with two attached hydrogens (primary N) is 1. The molecule has 10 nitrogen and oxygen atoms in total. The van der Waals surface area contributed by atoms with Crippen LogP contribution in [0.3, 0.4) is 0 Å². The molecule has 0 aliphatic carbocycles. The number of ether oxygens (including phenoxy) is 2. The number of carbonyl (C=O) groups is 2. The monoisotopic (exact) mass is 490 g/mol. The van der Waals surface area contributed by atoms with Crippen molar-refractivity contribution in [3.05, 3.63) is 47.4 Å². The Labute approximate surface area is 209 Å². The fourth-order valence-electron chi connectivity index (χ4n) is 4.45. The summed E-state index contributed by atoms with van der Waals surface area (Å²) in [5, 5.41) is 4.85. The predicted octanol–water partition coefficient (Wildman–Crippen LogP) is 3.02. The molecule has 0 atom stereocenters. The zero-order chi connectivity index (χ0) is 25.8. The molecule has 0 saturated carbocycles. The van der Waals surface area contributed by atoms with E-state index in [2.05, 4.69) is 15.3 Å². The van der Waals surface area contributed by atoms with Gasteiger partial charge in [-0.2, -0.15) is 0 Å². The molecule has 3 aromatic heterocycles. The van der Waals surface area contributed by atoms with Crippen LogP contribution in [-0.2, 0) is 20.5 Å². The second-order valence-corrected chi connectivity index (χ2v) is 10.7. The van der Waals surface area contributed by atoms with E-state index < -0.39 is 11.0 Å². The number of aromatic nitrogens is 3. The first-order valence-electron chi connectivity index (χ1n) is 11.9. The van der Waals surface area contributed by atoms with Gasteiger partial charge in [0.05, 0.1) is 29.7 Å². The maximum absolute atomic E-state index is 12.2. The molecule has 188 valence electrons. The summed E-state index contributed by atoms with van der Waals surface area (Å²) in [6.45, 7) is 10.7. The minimum atomic E-state index is -0.654. The quantitative estimate of drug-likeness (QED) is 0.518. The van der Waals surface area contributed by atoms with Crippen LogP contribution < -0.4 is 15.8 Å². The lowest BCUT2D eigenvalue weighted by atomic mass is 9.85. The van der Waals surface area contributed by atoms with Crippen molar-refractivity contribution in [1.29, 1.82) is 0 Å². The second kappa shape index (κ2) is 8.41. The molecule has 10 heteroatoms. The first-order valence-corrected chi connectivity index (χ1v) is 11.9. The van der Waals surface area contributed by atoms with Crippen molar-refractivity contribution >= 4 is 34.3 Å². The average molecular weight is 491 g/mol. The highest BCUT2D eigenvalue weighted by Crippen LogP contribution is 2.35. The molecule has 2 aliphatic rings. The van der Waals surface area contributed by atoms with E-state index in [-0.39, 0.29) is 24.6 Å². The lowest BCUT2D eigenvalue weighted by molar-refractivity contribution is -0.137. The lowest BCUT2D eigenvalue weighted by Gasteiger charge is -2.38. The highest BCUT2D eigenvalue weighted by molar-refractivity contribution is 5.93. The summed E-state index contributed by atoms with van der Waals surface area (Å²) in [4.78, 5) is 39.2. The molecule has 0 bridgehead atoms. The molecule has 36 heavy (non-hydrogen) atoms. The highest BCUT2D eigenvalue weighted by Gasteiger charge is 2.35. The van der Waals surface area contributed by atoms with Gasteiger partial charge < -0.3 is 25.4 Å². The van der Waals surface area contributed by atoms with Gasteiger partial charge in [0.15, 0.2) is 0 Å². The summed E-state index contributed by atoms with van der Waals surface area (Å²) in [7, 11) is 0. The molecule has 2 aliphatic heterocycles. The van der Waals surface area contributed by atoms with Crippen molar-refractivity contribution in [1.82, 2.24) is 19.9 Å². The van der Waals surface area contributed by atoms with Gasteiger partial charge in [-0.25, -0.2) is 19.7 Å². The normalized spacial score (nSPS) is 17.3. The first-order chi connectivity index (χ1) is 16.9. The number of esters is 1. The third kappa shape index (κ3) is 4.32. The van der Waals surface area contributed by atoms with E-state index in [4.69, 9.17) is 20.2 Å². The lowest BCUT2D eigenvalue weighted by Crippen LogP contribution is -2.55. The number of hydrogen-bond acceptors (Lipinski definition) is 9. The number of fused-ring (bicyclic) bond motifs is 2. The SMILES string of the molecule is CC(=O)N1CC(Oc2ncc(C(C)(C)N)c3cc(Nc4ccc5c(n4)C(C)(C)COC5=O)ncc23)C1. The van der Waals surface area contributed by atoms with Gasteiger partial charge in [0.1, 0.15) is 24.3 Å². The van der Waals surface area contributed by atoms with E-state index in [9.17, 15) is 9.59 Å². The minimum absolute atomic E-state index is 0.0290. The Morgan fingerprint density at radius 1 is 1.19 bits per heavy atom. The van der Waals surface area contributed by atoms with Crippen LogP contribution in [0.5, 0.6) is 5.88 Å². The van der Waals surface area contributed by atoms with Gasteiger partial charge in [-0.15, -0.1) is 0 Å². The summed E-state index contributed by atoms with van der Waals surface area (Å²) >= 11 is 0. The van der Waals surface area contributed by atoms with Crippen LogP contribution in [0.4, 0.5) is 11.6 Å². The Morgan fingerprint density at radius 2 is 1.94 bits per heavy atom. The zero-order valence-electron chi connectivity index (χ0n) is 21.1.